The third-order valence-corrected chi connectivity index (χ3v) is 3.21. The topological polar surface area (TPSA) is 37.3 Å². The average Bonchev–Trinajstić information content (AvgIpc) is 2.77. The number of hydrogen-bond acceptors (Lipinski definition) is 2. The van der Waals surface area contributed by atoms with Crippen molar-refractivity contribution in [3.8, 4) is 0 Å². The Hall–Kier alpha value is -1.29. The summed E-state index contributed by atoms with van der Waals surface area (Å²) in [5, 5.41) is 3.35. The largest absolute Gasteiger partial charge is 0.341 e. The Morgan fingerprint density at radius 2 is 2.29 bits per heavy atom. The normalized spacial score (nSPS) is 20.9. The highest BCUT2D eigenvalue weighted by Gasteiger charge is 2.23. The molecule has 0 radical (unpaired) electrons. The third-order valence-electron chi connectivity index (χ3n) is 3.21. The zero-order chi connectivity index (χ0) is 12.4. The van der Waals surface area contributed by atoms with Gasteiger partial charge >= 0.3 is 0 Å². The fourth-order valence-corrected chi connectivity index (χ4v) is 2.30. The molecule has 1 saturated heterocycles. The summed E-state index contributed by atoms with van der Waals surface area (Å²) in [5.74, 6) is 0.150. The lowest BCUT2D eigenvalue weighted by Crippen LogP contribution is -2.51. The summed E-state index contributed by atoms with van der Waals surface area (Å²) in [6.07, 6.45) is 1.98. The number of nitrogens with one attached hydrogen (secondary N) is 1. The van der Waals surface area contributed by atoms with Gasteiger partial charge in [-0.25, -0.2) is 0 Å². The van der Waals surface area contributed by atoms with Gasteiger partial charge in [-0.3, -0.25) is 4.79 Å². The van der Waals surface area contributed by atoms with E-state index in [4.69, 9.17) is 0 Å². The molecule has 1 aliphatic rings. The number of carbonyl (C=O) groups excluding carboxylic acids is 1. The van der Waals surface area contributed by atoms with E-state index in [1.165, 1.54) is 0 Å². The molecule has 0 spiro atoms. The van der Waals surface area contributed by atoms with E-state index in [9.17, 15) is 4.79 Å². The minimum Gasteiger partial charge on any atom is -0.341 e. The van der Waals surface area contributed by atoms with Crippen LogP contribution in [-0.2, 0) is 0 Å². The lowest BCUT2D eigenvalue weighted by atomic mass is 10.2. The van der Waals surface area contributed by atoms with Gasteiger partial charge in [-0.15, -0.1) is 0 Å². The highest BCUT2D eigenvalue weighted by molar-refractivity contribution is 5.93. The molecule has 2 heterocycles. The predicted molar refractivity (Wildman–Crippen MR) is 68.2 cm³/mol. The first kappa shape index (κ1) is 12.2. The van der Waals surface area contributed by atoms with E-state index in [0.29, 0.717) is 12.1 Å². The molecule has 0 bridgehead atoms. The van der Waals surface area contributed by atoms with Crippen molar-refractivity contribution in [3.63, 3.8) is 0 Å². The molecule has 1 atom stereocenters. The molecule has 1 N–H and O–H groups in total. The van der Waals surface area contributed by atoms with Gasteiger partial charge in [-0.1, -0.05) is 0 Å². The maximum Gasteiger partial charge on any atom is 0.270 e. The first-order chi connectivity index (χ1) is 8.09. The predicted octanol–water partition coefficient (Wildman–Crippen LogP) is 1.50. The number of carbonyl (C=O) groups is 1. The van der Waals surface area contributed by atoms with Gasteiger partial charge in [0.15, 0.2) is 0 Å². The number of rotatable bonds is 2. The van der Waals surface area contributed by atoms with E-state index in [-0.39, 0.29) is 5.91 Å². The van der Waals surface area contributed by atoms with Crippen LogP contribution in [0.1, 0.15) is 37.3 Å². The summed E-state index contributed by atoms with van der Waals surface area (Å²) in [7, 11) is 0. The number of piperazine rings is 1. The van der Waals surface area contributed by atoms with E-state index < -0.39 is 0 Å². The molecule has 0 aliphatic carbocycles. The Labute approximate surface area is 103 Å². The van der Waals surface area contributed by atoms with E-state index in [2.05, 4.69) is 26.1 Å². The van der Waals surface area contributed by atoms with Crippen LogP contribution in [0, 0.1) is 0 Å². The molecule has 1 amide bonds. The summed E-state index contributed by atoms with van der Waals surface area (Å²) < 4.78 is 2.04. The minimum atomic E-state index is 0.150. The fraction of sp³-hybridized carbons (Fsp3) is 0.615. The van der Waals surface area contributed by atoms with E-state index in [1.54, 1.807) is 0 Å². The molecular formula is C13H21N3O. The van der Waals surface area contributed by atoms with Gasteiger partial charge in [-0.2, -0.15) is 0 Å². The molecule has 4 heteroatoms. The van der Waals surface area contributed by atoms with Crippen LogP contribution in [0.25, 0.3) is 0 Å². The summed E-state index contributed by atoms with van der Waals surface area (Å²) in [4.78, 5) is 14.3. The lowest BCUT2D eigenvalue weighted by Gasteiger charge is -2.32. The molecule has 0 saturated carbocycles. The smallest absolute Gasteiger partial charge is 0.270 e. The fourth-order valence-electron chi connectivity index (χ4n) is 2.30. The molecule has 1 aliphatic heterocycles. The molecule has 1 unspecified atom stereocenters. The monoisotopic (exact) mass is 235 g/mol. The zero-order valence-electron chi connectivity index (χ0n) is 10.8. The van der Waals surface area contributed by atoms with E-state index >= 15 is 0 Å². The Balaban J connectivity index is 2.16. The van der Waals surface area contributed by atoms with Crippen molar-refractivity contribution in [1.82, 2.24) is 14.8 Å². The summed E-state index contributed by atoms with van der Waals surface area (Å²) in [6, 6.07) is 4.56. The Kier molecular flexibility index (Phi) is 3.52. The number of amides is 1. The molecular weight excluding hydrogens is 214 g/mol. The minimum absolute atomic E-state index is 0.150. The van der Waals surface area contributed by atoms with Crippen LogP contribution in [0.5, 0.6) is 0 Å². The average molecular weight is 235 g/mol. The second-order valence-electron chi connectivity index (χ2n) is 5.00. The van der Waals surface area contributed by atoms with Crippen molar-refractivity contribution >= 4 is 5.91 Å². The van der Waals surface area contributed by atoms with Gasteiger partial charge in [0.2, 0.25) is 0 Å². The molecule has 1 fully saturated rings. The van der Waals surface area contributed by atoms with Crippen LogP contribution >= 0.6 is 0 Å². The van der Waals surface area contributed by atoms with Gasteiger partial charge < -0.3 is 14.8 Å². The molecule has 1 aromatic heterocycles. The van der Waals surface area contributed by atoms with Crippen molar-refractivity contribution in [2.75, 3.05) is 19.6 Å². The van der Waals surface area contributed by atoms with Gasteiger partial charge in [-0.05, 0) is 32.9 Å². The molecule has 1 aromatic rings. The number of aromatic nitrogens is 1. The van der Waals surface area contributed by atoms with Crippen LogP contribution < -0.4 is 5.32 Å². The van der Waals surface area contributed by atoms with Crippen LogP contribution in [0.15, 0.2) is 18.3 Å². The van der Waals surface area contributed by atoms with Gasteiger partial charge in [0.25, 0.3) is 5.91 Å². The van der Waals surface area contributed by atoms with Gasteiger partial charge in [0, 0.05) is 37.9 Å². The van der Waals surface area contributed by atoms with Gasteiger partial charge in [0.05, 0.1) is 0 Å². The summed E-state index contributed by atoms with van der Waals surface area (Å²) in [6.45, 7) is 8.78. The Morgan fingerprint density at radius 1 is 1.53 bits per heavy atom. The summed E-state index contributed by atoms with van der Waals surface area (Å²) >= 11 is 0. The van der Waals surface area contributed by atoms with Crippen molar-refractivity contribution in [2.45, 2.75) is 32.9 Å². The van der Waals surface area contributed by atoms with Crippen molar-refractivity contribution in [2.24, 2.45) is 0 Å². The number of nitrogens with zero attached hydrogens (tertiary/aromatic N) is 2. The van der Waals surface area contributed by atoms with Crippen LogP contribution in [0.3, 0.4) is 0 Å². The molecule has 0 aromatic carbocycles. The quantitative estimate of drug-likeness (QED) is 0.843. The van der Waals surface area contributed by atoms with E-state index in [0.717, 1.165) is 25.3 Å². The zero-order valence-corrected chi connectivity index (χ0v) is 10.8. The van der Waals surface area contributed by atoms with Crippen LogP contribution in [0.2, 0.25) is 0 Å². The van der Waals surface area contributed by atoms with Gasteiger partial charge in [0.1, 0.15) is 5.69 Å². The van der Waals surface area contributed by atoms with Crippen molar-refractivity contribution < 1.29 is 4.79 Å². The van der Waals surface area contributed by atoms with Crippen molar-refractivity contribution in [3.05, 3.63) is 24.0 Å². The second-order valence-corrected chi connectivity index (χ2v) is 5.00. The first-order valence-corrected chi connectivity index (χ1v) is 6.29. The Morgan fingerprint density at radius 3 is 2.94 bits per heavy atom. The number of hydrogen-bond donors (Lipinski definition) is 1. The second kappa shape index (κ2) is 4.92. The maximum absolute atomic E-state index is 12.4. The van der Waals surface area contributed by atoms with Crippen LogP contribution in [-0.4, -0.2) is 41.1 Å². The van der Waals surface area contributed by atoms with Crippen LogP contribution in [0.4, 0.5) is 0 Å². The van der Waals surface area contributed by atoms with E-state index in [1.807, 2.05) is 27.8 Å². The highest BCUT2D eigenvalue weighted by Crippen LogP contribution is 2.14. The summed E-state index contributed by atoms with van der Waals surface area (Å²) in [5.41, 5.74) is 0.800. The molecule has 94 valence electrons. The standard InChI is InChI=1S/C13H21N3O/c1-10(2)16-7-4-5-12(16)13(17)15-8-6-14-11(3)9-15/h4-5,7,10-11,14H,6,8-9H2,1-3H3. The first-order valence-electron chi connectivity index (χ1n) is 6.29. The van der Waals surface area contributed by atoms with Crippen molar-refractivity contribution in [1.29, 1.82) is 0 Å². The molecule has 17 heavy (non-hydrogen) atoms. The Bertz CT molecular complexity index is 397. The highest BCUT2D eigenvalue weighted by atomic mass is 16.2. The third kappa shape index (κ3) is 2.52. The molecule has 2 rings (SSSR count). The maximum atomic E-state index is 12.4. The molecule has 4 nitrogen and oxygen atoms in total. The lowest BCUT2D eigenvalue weighted by molar-refractivity contribution is 0.0696. The SMILES string of the molecule is CC1CN(C(=O)c2cccn2C(C)C)CCN1.